The molecule has 0 radical (unpaired) electrons. The lowest BCUT2D eigenvalue weighted by atomic mass is 10.0. The summed E-state index contributed by atoms with van der Waals surface area (Å²) in [6, 6.07) is 15.2. The largest absolute Gasteiger partial charge is 0.478 e. The summed E-state index contributed by atoms with van der Waals surface area (Å²) < 4.78 is 18.7. The molecule has 3 aromatic rings. The van der Waals surface area contributed by atoms with Gasteiger partial charge in [-0.15, -0.1) is 0 Å². The number of carbonyl (C=O) groups is 2. The molecule has 4 rings (SSSR count). The molecule has 7 nitrogen and oxygen atoms in total. The molecule has 2 heterocycles. The van der Waals surface area contributed by atoms with Crippen molar-refractivity contribution in [2.45, 2.75) is 18.9 Å². The van der Waals surface area contributed by atoms with Crippen LogP contribution in [0.5, 0.6) is 0 Å². The van der Waals surface area contributed by atoms with E-state index in [1.807, 2.05) is 6.07 Å². The van der Waals surface area contributed by atoms with Gasteiger partial charge in [0.25, 0.3) is 0 Å². The van der Waals surface area contributed by atoms with Crippen LogP contribution in [0.2, 0.25) is 0 Å². The number of aromatic nitrogens is 1. The van der Waals surface area contributed by atoms with Gasteiger partial charge in [0.15, 0.2) is 0 Å². The number of hydrogen-bond acceptors (Lipinski definition) is 5. The maximum atomic E-state index is 13.2. The Balaban J connectivity index is 0.000000275. The Bertz CT molecular complexity index is 1030. The summed E-state index contributed by atoms with van der Waals surface area (Å²) in [6.45, 7) is 2.96. The number of hydrogen-bond donors (Lipinski definition) is 2. The summed E-state index contributed by atoms with van der Waals surface area (Å²) in [6.07, 6.45) is 2.17. The molecule has 0 amide bonds. The quantitative estimate of drug-likeness (QED) is 0.616. The Morgan fingerprint density at radius 2 is 1.83 bits per heavy atom. The fourth-order valence-corrected chi connectivity index (χ4v) is 3.41. The van der Waals surface area contributed by atoms with Gasteiger partial charge < -0.3 is 14.7 Å². The highest BCUT2D eigenvalue weighted by Gasteiger charge is 2.28. The summed E-state index contributed by atoms with van der Waals surface area (Å²) in [7, 11) is 0. The minimum atomic E-state index is -1.26. The molecule has 1 saturated heterocycles. The highest BCUT2D eigenvalue weighted by atomic mass is 19.1. The number of benzene rings is 2. The molecule has 30 heavy (non-hydrogen) atoms. The van der Waals surface area contributed by atoms with Gasteiger partial charge in [0.05, 0.1) is 0 Å². The maximum absolute atomic E-state index is 13.2. The third-order valence-electron chi connectivity index (χ3n) is 4.73. The summed E-state index contributed by atoms with van der Waals surface area (Å²) in [4.78, 5) is 21.5. The van der Waals surface area contributed by atoms with Crippen molar-refractivity contribution in [1.29, 1.82) is 0 Å². The van der Waals surface area contributed by atoms with Crippen molar-refractivity contribution in [1.82, 2.24) is 10.1 Å². The van der Waals surface area contributed by atoms with Crippen molar-refractivity contribution < 1.29 is 28.7 Å². The second-order valence-electron chi connectivity index (χ2n) is 6.92. The van der Waals surface area contributed by atoms with Gasteiger partial charge in [0.2, 0.25) is 0 Å². The molecule has 1 fully saturated rings. The molecular weight excluding hydrogens is 391 g/mol. The van der Waals surface area contributed by atoms with Gasteiger partial charge in [-0.05, 0) is 30.7 Å². The van der Waals surface area contributed by atoms with Crippen LogP contribution in [0.4, 0.5) is 4.39 Å². The number of aliphatic carboxylic acids is 2. The van der Waals surface area contributed by atoms with Crippen molar-refractivity contribution in [3.05, 3.63) is 77.8 Å². The van der Waals surface area contributed by atoms with E-state index in [0.717, 1.165) is 37.2 Å². The van der Waals surface area contributed by atoms with Gasteiger partial charge in [-0.2, -0.15) is 0 Å². The Morgan fingerprint density at radius 3 is 2.50 bits per heavy atom. The van der Waals surface area contributed by atoms with E-state index in [1.165, 1.54) is 17.7 Å². The van der Waals surface area contributed by atoms with E-state index in [2.05, 4.69) is 34.3 Å². The molecule has 1 atom stereocenters. The maximum Gasteiger partial charge on any atom is 0.328 e. The van der Waals surface area contributed by atoms with Gasteiger partial charge in [0, 0.05) is 42.6 Å². The lowest BCUT2D eigenvalue weighted by Gasteiger charge is -2.15. The van der Waals surface area contributed by atoms with Crippen molar-refractivity contribution in [2.75, 3.05) is 13.1 Å². The van der Waals surface area contributed by atoms with Gasteiger partial charge in [0.1, 0.15) is 17.1 Å². The summed E-state index contributed by atoms with van der Waals surface area (Å²) in [5, 5.41) is 20.6. The molecule has 2 N–H and O–H groups in total. The first-order chi connectivity index (χ1) is 14.4. The molecule has 0 spiro atoms. The molecule has 2 aromatic carbocycles. The highest BCUT2D eigenvalue weighted by Crippen LogP contribution is 2.33. The topological polar surface area (TPSA) is 104 Å². The normalized spacial score (nSPS) is 16.5. The molecule has 8 heteroatoms. The van der Waals surface area contributed by atoms with Crippen molar-refractivity contribution in [3.8, 4) is 0 Å². The average Bonchev–Trinajstić information content (AvgIpc) is 3.34. The monoisotopic (exact) mass is 412 g/mol. The second-order valence-corrected chi connectivity index (χ2v) is 6.92. The highest BCUT2D eigenvalue weighted by molar-refractivity contribution is 5.89. The van der Waals surface area contributed by atoms with E-state index in [4.69, 9.17) is 14.7 Å². The number of rotatable bonds is 5. The van der Waals surface area contributed by atoms with Gasteiger partial charge in [-0.1, -0.05) is 35.5 Å². The van der Waals surface area contributed by atoms with Crippen LogP contribution in [-0.2, 0) is 16.1 Å². The van der Waals surface area contributed by atoms with E-state index in [1.54, 1.807) is 6.07 Å². The molecular formula is C22H21FN2O5. The number of nitrogens with zero attached hydrogens (tertiary/aromatic N) is 2. The van der Waals surface area contributed by atoms with Crippen LogP contribution in [0.25, 0.3) is 10.9 Å². The first-order valence-corrected chi connectivity index (χ1v) is 9.37. The van der Waals surface area contributed by atoms with Crippen LogP contribution in [0.3, 0.4) is 0 Å². The lowest BCUT2D eigenvalue weighted by molar-refractivity contribution is -0.134. The fourth-order valence-electron chi connectivity index (χ4n) is 3.41. The van der Waals surface area contributed by atoms with E-state index < -0.39 is 11.9 Å². The minimum absolute atomic E-state index is 0.274. The molecule has 0 bridgehead atoms. The van der Waals surface area contributed by atoms with Crippen LogP contribution in [0.15, 0.2) is 65.2 Å². The van der Waals surface area contributed by atoms with E-state index in [0.29, 0.717) is 23.6 Å². The summed E-state index contributed by atoms with van der Waals surface area (Å²) in [5.41, 5.74) is 1.93. The van der Waals surface area contributed by atoms with Crippen LogP contribution in [-0.4, -0.2) is 45.3 Å². The van der Waals surface area contributed by atoms with Crippen molar-refractivity contribution in [3.63, 3.8) is 0 Å². The third kappa shape index (κ3) is 5.74. The van der Waals surface area contributed by atoms with Crippen LogP contribution in [0, 0.1) is 5.82 Å². The molecule has 1 unspecified atom stereocenters. The molecule has 1 aromatic heterocycles. The van der Waals surface area contributed by atoms with E-state index in [-0.39, 0.29) is 5.82 Å². The zero-order chi connectivity index (χ0) is 21.5. The minimum Gasteiger partial charge on any atom is -0.478 e. The van der Waals surface area contributed by atoms with Gasteiger partial charge >= 0.3 is 11.9 Å². The first-order valence-electron chi connectivity index (χ1n) is 9.37. The van der Waals surface area contributed by atoms with Crippen molar-refractivity contribution >= 4 is 22.8 Å². The van der Waals surface area contributed by atoms with Crippen molar-refractivity contribution in [2.24, 2.45) is 0 Å². The van der Waals surface area contributed by atoms with Gasteiger partial charge in [-0.25, -0.2) is 14.0 Å². The summed E-state index contributed by atoms with van der Waals surface area (Å²) >= 11 is 0. The number of carboxylic acids is 2. The number of halogens is 1. The number of carboxylic acid groups (broad SMARTS) is 2. The zero-order valence-corrected chi connectivity index (χ0v) is 16.1. The lowest BCUT2D eigenvalue weighted by Crippen LogP contribution is -2.19. The molecule has 0 saturated carbocycles. The smallest absolute Gasteiger partial charge is 0.328 e. The number of fused-ring (bicyclic) bond motifs is 1. The standard InChI is InChI=1S/C18H17FN2O.C4H4O4/c19-15-6-7-16-17(10-15)20-22-18(16)14-8-9-21(12-14)11-13-4-2-1-3-5-13;5-3(6)1-2-4(7)8/h1-7,10,14H,8-9,11-12H2;1-2H,(H,5,6)(H,7,8)/b;2-1+. The molecule has 1 aliphatic rings. The summed E-state index contributed by atoms with van der Waals surface area (Å²) in [5.74, 6) is -1.56. The Hall–Kier alpha value is -3.52. The van der Waals surface area contributed by atoms with Gasteiger partial charge in [-0.3, -0.25) is 4.90 Å². The molecule has 1 aliphatic heterocycles. The number of likely N-dealkylation sites (tertiary alicyclic amines) is 1. The molecule has 156 valence electrons. The SMILES string of the molecule is Fc1ccc2c(C3CCN(Cc4ccccc4)C3)onc2c1.O=C(O)/C=C/C(=O)O. The Morgan fingerprint density at radius 1 is 1.13 bits per heavy atom. The third-order valence-corrected chi connectivity index (χ3v) is 4.73. The van der Waals surface area contributed by atoms with Crippen LogP contribution in [0.1, 0.15) is 23.7 Å². The van der Waals surface area contributed by atoms with Crippen LogP contribution < -0.4 is 0 Å². The fraction of sp³-hybridized carbons (Fsp3) is 0.227. The zero-order valence-electron chi connectivity index (χ0n) is 16.1. The Kier molecular flexibility index (Phi) is 6.92. The Labute approximate surface area is 172 Å². The first kappa shape index (κ1) is 21.2. The van der Waals surface area contributed by atoms with Crippen LogP contribution >= 0.6 is 0 Å². The average molecular weight is 412 g/mol. The van der Waals surface area contributed by atoms with E-state index in [9.17, 15) is 14.0 Å². The molecule has 0 aliphatic carbocycles. The predicted molar refractivity (Wildman–Crippen MR) is 107 cm³/mol. The predicted octanol–water partition coefficient (Wildman–Crippen LogP) is 3.67. The second kappa shape index (κ2) is 9.80. The van der Waals surface area contributed by atoms with E-state index >= 15 is 0 Å².